The zero-order valence-corrected chi connectivity index (χ0v) is 9.24. The third kappa shape index (κ3) is 2.34. The molecule has 1 heterocycles. The van der Waals surface area contributed by atoms with Crippen LogP contribution in [0.15, 0.2) is 24.3 Å². The van der Waals surface area contributed by atoms with Crippen molar-refractivity contribution in [3.05, 3.63) is 29.8 Å². The Bertz CT molecular complexity index is 345. The molecule has 0 spiro atoms. The van der Waals surface area contributed by atoms with Gasteiger partial charge in [-0.25, -0.2) is 0 Å². The molecule has 2 atom stereocenters. The molecule has 0 aliphatic carbocycles. The molecule has 1 aliphatic rings. The van der Waals surface area contributed by atoms with E-state index >= 15 is 0 Å². The standard InChI is InChI=1S/C12H14O2S/c13-7-12(10-4-5-15-8-10)9-2-1-3-11(14)6-9/h1-3,6-7,10,12,14H,4-5,8H2. The Balaban J connectivity index is 2.21. The van der Waals surface area contributed by atoms with Gasteiger partial charge in [0.15, 0.2) is 0 Å². The van der Waals surface area contributed by atoms with Crippen molar-refractivity contribution in [3.8, 4) is 5.75 Å². The largest absolute Gasteiger partial charge is 0.508 e. The molecule has 0 aromatic heterocycles. The Kier molecular flexibility index (Phi) is 3.31. The van der Waals surface area contributed by atoms with Crippen LogP contribution in [0.3, 0.4) is 0 Å². The van der Waals surface area contributed by atoms with Crippen LogP contribution in [0.5, 0.6) is 5.75 Å². The van der Waals surface area contributed by atoms with Crippen LogP contribution < -0.4 is 0 Å². The third-order valence-electron chi connectivity index (χ3n) is 2.87. The van der Waals surface area contributed by atoms with E-state index in [-0.39, 0.29) is 11.7 Å². The highest BCUT2D eigenvalue weighted by atomic mass is 32.2. The highest BCUT2D eigenvalue weighted by Gasteiger charge is 2.26. The summed E-state index contributed by atoms with van der Waals surface area (Å²) in [5.41, 5.74) is 0.942. The van der Waals surface area contributed by atoms with Gasteiger partial charge in [-0.3, -0.25) is 0 Å². The molecule has 2 rings (SSSR count). The van der Waals surface area contributed by atoms with E-state index in [0.717, 1.165) is 29.8 Å². The topological polar surface area (TPSA) is 37.3 Å². The second kappa shape index (κ2) is 4.71. The maximum Gasteiger partial charge on any atom is 0.127 e. The summed E-state index contributed by atoms with van der Waals surface area (Å²) in [5.74, 6) is 2.83. The number of aromatic hydroxyl groups is 1. The second-order valence-electron chi connectivity index (χ2n) is 3.88. The van der Waals surface area contributed by atoms with Crippen LogP contribution in [0.4, 0.5) is 0 Å². The minimum absolute atomic E-state index is 0.0490. The van der Waals surface area contributed by atoms with Gasteiger partial charge < -0.3 is 9.90 Å². The fourth-order valence-electron chi connectivity index (χ4n) is 2.03. The lowest BCUT2D eigenvalue weighted by molar-refractivity contribution is -0.109. The molecule has 15 heavy (non-hydrogen) atoms. The predicted molar refractivity (Wildman–Crippen MR) is 62.3 cm³/mol. The number of carbonyl (C=O) groups excluding carboxylic acids is 1. The minimum atomic E-state index is -0.0490. The molecule has 1 saturated heterocycles. The highest BCUT2D eigenvalue weighted by molar-refractivity contribution is 7.99. The summed E-state index contributed by atoms with van der Waals surface area (Å²) in [5, 5.41) is 9.38. The summed E-state index contributed by atoms with van der Waals surface area (Å²) >= 11 is 1.90. The van der Waals surface area contributed by atoms with Crippen LogP contribution in [-0.4, -0.2) is 22.9 Å². The first-order valence-corrected chi connectivity index (χ1v) is 6.28. The van der Waals surface area contributed by atoms with Crippen molar-refractivity contribution >= 4 is 18.0 Å². The minimum Gasteiger partial charge on any atom is -0.508 e. The number of carbonyl (C=O) groups is 1. The van der Waals surface area contributed by atoms with Crippen LogP contribution in [0.1, 0.15) is 17.9 Å². The van der Waals surface area contributed by atoms with Gasteiger partial charge in [0.1, 0.15) is 12.0 Å². The molecular formula is C12H14O2S. The summed E-state index contributed by atoms with van der Waals surface area (Å²) in [4.78, 5) is 11.1. The summed E-state index contributed by atoms with van der Waals surface area (Å²) in [7, 11) is 0. The van der Waals surface area contributed by atoms with E-state index in [2.05, 4.69) is 0 Å². The number of aldehydes is 1. The van der Waals surface area contributed by atoms with Gasteiger partial charge >= 0.3 is 0 Å². The Morgan fingerprint density at radius 2 is 2.40 bits per heavy atom. The Morgan fingerprint density at radius 3 is 3.00 bits per heavy atom. The average molecular weight is 222 g/mol. The van der Waals surface area contributed by atoms with Gasteiger partial charge in [0.25, 0.3) is 0 Å². The lowest BCUT2D eigenvalue weighted by Gasteiger charge is -2.17. The Morgan fingerprint density at radius 1 is 1.53 bits per heavy atom. The molecule has 0 saturated carbocycles. The van der Waals surface area contributed by atoms with Gasteiger partial charge in [-0.1, -0.05) is 12.1 Å². The van der Waals surface area contributed by atoms with Gasteiger partial charge in [-0.2, -0.15) is 11.8 Å². The maximum atomic E-state index is 11.1. The molecule has 0 radical (unpaired) electrons. The summed E-state index contributed by atoms with van der Waals surface area (Å²) < 4.78 is 0. The summed E-state index contributed by atoms with van der Waals surface area (Å²) in [6.45, 7) is 0. The molecule has 3 heteroatoms. The number of thioether (sulfide) groups is 1. The van der Waals surface area contributed by atoms with E-state index in [0.29, 0.717) is 5.92 Å². The van der Waals surface area contributed by atoms with Crippen LogP contribution in [-0.2, 0) is 4.79 Å². The van der Waals surface area contributed by atoms with Gasteiger partial charge in [0, 0.05) is 5.92 Å². The lowest BCUT2D eigenvalue weighted by atomic mass is 9.87. The van der Waals surface area contributed by atoms with Gasteiger partial charge in [0.05, 0.1) is 0 Å². The predicted octanol–water partition coefficient (Wildman–Crippen LogP) is 2.43. The zero-order valence-electron chi connectivity index (χ0n) is 8.43. The number of rotatable bonds is 3. The molecular weight excluding hydrogens is 208 g/mol. The second-order valence-corrected chi connectivity index (χ2v) is 5.03. The maximum absolute atomic E-state index is 11.1. The van der Waals surface area contributed by atoms with Crippen molar-refractivity contribution in [2.45, 2.75) is 12.3 Å². The first-order chi connectivity index (χ1) is 7.31. The van der Waals surface area contributed by atoms with E-state index in [4.69, 9.17) is 0 Å². The van der Waals surface area contributed by atoms with Crippen molar-refractivity contribution < 1.29 is 9.90 Å². The Hall–Kier alpha value is -0.960. The first kappa shape index (κ1) is 10.6. The number of benzene rings is 1. The highest BCUT2D eigenvalue weighted by Crippen LogP contribution is 2.35. The van der Waals surface area contributed by atoms with Crippen LogP contribution in [0, 0.1) is 5.92 Å². The fraction of sp³-hybridized carbons (Fsp3) is 0.417. The number of phenols is 1. The molecule has 80 valence electrons. The number of phenolic OH excluding ortho intramolecular Hbond substituents is 1. The molecule has 2 nitrogen and oxygen atoms in total. The van der Waals surface area contributed by atoms with Crippen molar-refractivity contribution in [2.75, 3.05) is 11.5 Å². The van der Waals surface area contributed by atoms with E-state index in [1.54, 1.807) is 18.2 Å². The van der Waals surface area contributed by atoms with E-state index in [1.165, 1.54) is 0 Å². The molecule has 1 aromatic carbocycles. The molecule has 1 aromatic rings. The third-order valence-corrected chi connectivity index (χ3v) is 4.06. The zero-order chi connectivity index (χ0) is 10.7. The molecule has 1 N–H and O–H groups in total. The molecule has 1 aliphatic heterocycles. The molecule has 0 bridgehead atoms. The number of hydrogen-bond donors (Lipinski definition) is 1. The van der Waals surface area contributed by atoms with Crippen molar-refractivity contribution in [1.82, 2.24) is 0 Å². The molecule has 2 unspecified atom stereocenters. The SMILES string of the molecule is O=CC(c1cccc(O)c1)C1CCSC1. The van der Waals surface area contributed by atoms with Crippen LogP contribution >= 0.6 is 11.8 Å². The Labute approximate surface area is 93.7 Å². The monoisotopic (exact) mass is 222 g/mol. The fourth-order valence-corrected chi connectivity index (χ4v) is 3.34. The van der Waals surface area contributed by atoms with E-state index in [1.807, 2.05) is 17.8 Å². The van der Waals surface area contributed by atoms with Gasteiger partial charge in [0.2, 0.25) is 0 Å². The average Bonchev–Trinajstić information content (AvgIpc) is 2.72. The first-order valence-electron chi connectivity index (χ1n) is 5.13. The van der Waals surface area contributed by atoms with Crippen molar-refractivity contribution in [2.24, 2.45) is 5.92 Å². The smallest absolute Gasteiger partial charge is 0.127 e. The summed E-state index contributed by atoms with van der Waals surface area (Å²) in [6.07, 6.45) is 2.12. The van der Waals surface area contributed by atoms with Crippen molar-refractivity contribution in [1.29, 1.82) is 0 Å². The van der Waals surface area contributed by atoms with Gasteiger partial charge in [-0.15, -0.1) is 0 Å². The number of hydrogen-bond acceptors (Lipinski definition) is 3. The lowest BCUT2D eigenvalue weighted by Crippen LogP contribution is -2.13. The summed E-state index contributed by atoms with van der Waals surface area (Å²) in [6, 6.07) is 7.04. The van der Waals surface area contributed by atoms with E-state index in [9.17, 15) is 9.90 Å². The molecule has 0 amide bonds. The normalized spacial score (nSPS) is 22.5. The van der Waals surface area contributed by atoms with E-state index < -0.39 is 0 Å². The van der Waals surface area contributed by atoms with Gasteiger partial charge in [-0.05, 0) is 41.5 Å². The van der Waals surface area contributed by atoms with Crippen LogP contribution in [0.25, 0.3) is 0 Å². The molecule has 1 fully saturated rings. The quantitative estimate of drug-likeness (QED) is 0.798. The van der Waals surface area contributed by atoms with Crippen molar-refractivity contribution in [3.63, 3.8) is 0 Å². The van der Waals surface area contributed by atoms with Crippen LogP contribution in [0.2, 0.25) is 0 Å².